The molecule has 216 valence electrons. The van der Waals surface area contributed by atoms with Crippen molar-refractivity contribution in [2.45, 2.75) is 0 Å². The Labute approximate surface area is 268 Å². The van der Waals surface area contributed by atoms with Crippen molar-refractivity contribution >= 4 is 38.6 Å². The van der Waals surface area contributed by atoms with Gasteiger partial charge in [0.15, 0.2) is 5.75 Å². The van der Waals surface area contributed by atoms with Crippen LogP contribution in [0.3, 0.4) is 0 Å². The van der Waals surface area contributed by atoms with Gasteiger partial charge in [0.2, 0.25) is 0 Å². The van der Waals surface area contributed by atoms with E-state index in [-0.39, 0.29) is 0 Å². The molecule has 1 aliphatic rings. The van der Waals surface area contributed by atoms with E-state index in [2.05, 4.69) is 181 Å². The van der Waals surface area contributed by atoms with Crippen molar-refractivity contribution in [3.05, 3.63) is 176 Å². The number of hydrogen-bond acceptors (Lipinski definition) is 2. The summed E-state index contributed by atoms with van der Waals surface area (Å²) < 4.78 is 7.05. The predicted molar refractivity (Wildman–Crippen MR) is 193 cm³/mol. The van der Waals surface area contributed by atoms with E-state index in [0.29, 0.717) is 0 Å². The average molecular weight is 588 g/mol. The van der Waals surface area contributed by atoms with Crippen LogP contribution in [-0.2, 0) is 0 Å². The third kappa shape index (κ3) is 4.27. The maximum Gasteiger partial charge on any atom is 0.159 e. The highest BCUT2D eigenvalue weighted by atomic mass is 16.5. The molecule has 0 atom stereocenters. The molecule has 0 aromatic heterocycles. The van der Waals surface area contributed by atoms with E-state index in [1.807, 2.05) is 0 Å². The SMILES string of the molecule is c1ccc(-c2ccc(N(c3cccc4c3Oc3ccccc3-c3ccc5ccccc5c3-4)c3cccc4ccccc34)cc2)cc1. The van der Waals surface area contributed by atoms with E-state index in [9.17, 15) is 0 Å². The summed E-state index contributed by atoms with van der Waals surface area (Å²) in [5.41, 5.74) is 10.0. The highest BCUT2D eigenvalue weighted by Crippen LogP contribution is 2.54. The molecule has 0 saturated heterocycles. The number of benzene rings is 8. The third-order valence-corrected chi connectivity index (χ3v) is 9.06. The van der Waals surface area contributed by atoms with Gasteiger partial charge in [0.1, 0.15) is 5.75 Å². The van der Waals surface area contributed by atoms with E-state index in [1.165, 1.54) is 43.8 Å². The van der Waals surface area contributed by atoms with E-state index in [0.717, 1.165) is 39.7 Å². The Hall–Kier alpha value is -6.12. The molecule has 8 aromatic rings. The van der Waals surface area contributed by atoms with Crippen LogP contribution < -0.4 is 9.64 Å². The van der Waals surface area contributed by atoms with Crippen molar-refractivity contribution in [1.82, 2.24) is 0 Å². The maximum absolute atomic E-state index is 7.05. The van der Waals surface area contributed by atoms with Gasteiger partial charge in [0, 0.05) is 27.8 Å². The minimum absolute atomic E-state index is 0.838. The van der Waals surface area contributed by atoms with Crippen molar-refractivity contribution in [2.24, 2.45) is 0 Å². The van der Waals surface area contributed by atoms with Gasteiger partial charge in [0.25, 0.3) is 0 Å². The van der Waals surface area contributed by atoms with Gasteiger partial charge in [-0.15, -0.1) is 0 Å². The summed E-state index contributed by atoms with van der Waals surface area (Å²) >= 11 is 0. The second kappa shape index (κ2) is 10.8. The largest absolute Gasteiger partial charge is 0.454 e. The lowest BCUT2D eigenvalue weighted by Crippen LogP contribution is -2.12. The Morgan fingerprint density at radius 1 is 0.370 bits per heavy atom. The van der Waals surface area contributed by atoms with E-state index in [4.69, 9.17) is 4.74 Å². The molecule has 46 heavy (non-hydrogen) atoms. The number of hydrogen-bond donors (Lipinski definition) is 0. The molecule has 2 nitrogen and oxygen atoms in total. The molecular weight excluding hydrogens is 558 g/mol. The molecule has 0 saturated carbocycles. The van der Waals surface area contributed by atoms with Crippen LogP contribution in [0.25, 0.3) is 54.9 Å². The van der Waals surface area contributed by atoms with Crippen LogP contribution in [0.4, 0.5) is 17.1 Å². The quantitative estimate of drug-likeness (QED) is 0.203. The highest BCUT2D eigenvalue weighted by molar-refractivity contribution is 6.09. The van der Waals surface area contributed by atoms with Crippen molar-refractivity contribution in [2.75, 3.05) is 4.90 Å². The number of rotatable bonds is 4. The van der Waals surface area contributed by atoms with E-state index in [1.54, 1.807) is 0 Å². The molecule has 1 aliphatic heterocycles. The van der Waals surface area contributed by atoms with E-state index >= 15 is 0 Å². The van der Waals surface area contributed by atoms with Crippen LogP contribution in [-0.4, -0.2) is 0 Å². The van der Waals surface area contributed by atoms with Gasteiger partial charge < -0.3 is 9.64 Å². The summed E-state index contributed by atoms with van der Waals surface area (Å²) in [4.78, 5) is 2.36. The van der Waals surface area contributed by atoms with Gasteiger partial charge >= 0.3 is 0 Å². The van der Waals surface area contributed by atoms with Gasteiger partial charge in [-0.05, 0) is 63.2 Å². The minimum atomic E-state index is 0.838. The van der Waals surface area contributed by atoms with Gasteiger partial charge in [0.05, 0.1) is 11.4 Å². The fourth-order valence-corrected chi connectivity index (χ4v) is 6.92. The summed E-state index contributed by atoms with van der Waals surface area (Å²) in [5.74, 6) is 1.69. The fourth-order valence-electron chi connectivity index (χ4n) is 6.92. The van der Waals surface area contributed by atoms with Crippen molar-refractivity contribution in [1.29, 1.82) is 0 Å². The summed E-state index contributed by atoms with van der Waals surface area (Å²) in [6.07, 6.45) is 0. The topological polar surface area (TPSA) is 12.5 Å². The maximum atomic E-state index is 7.05. The molecule has 0 bridgehead atoms. The van der Waals surface area contributed by atoms with Crippen LogP contribution in [0.1, 0.15) is 0 Å². The first-order valence-electron chi connectivity index (χ1n) is 15.7. The molecule has 1 heterocycles. The fraction of sp³-hybridized carbons (Fsp3) is 0. The normalized spacial score (nSPS) is 11.7. The lowest BCUT2D eigenvalue weighted by molar-refractivity contribution is 0.489. The van der Waals surface area contributed by atoms with Crippen molar-refractivity contribution in [3.63, 3.8) is 0 Å². The Morgan fingerprint density at radius 2 is 0.978 bits per heavy atom. The molecule has 8 aromatic carbocycles. The van der Waals surface area contributed by atoms with Gasteiger partial charge in [-0.3, -0.25) is 0 Å². The van der Waals surface area contributed by atoms with Gasteiger partial charge in [-0.2, -0.15) is 0 Å². The molecule has 0 amide bonds. The molecule has 0 aliphatic carbocycles. The number of anilines is 3. The second-order valence-electron chi connectivity index (χ2n) is 11.7. The monoisotopic (exact) mass is 587 g/mol. The van der Waals surface area contributed by atoms with Crippen LogP contribution in [0.5, 0.6) is 11.5 Å². The molecule has 0 unspecified atom stereocenters. The van der Waals surface area contributed by atoms with Gasteiger partial charge in [-0.1, -0.05) is 146 Å². The van der Waals surface area contributed by atoms with Gasteiger partial charge in [-0.25, -0.2) is 0 Å². The molecule has 0 radical (unpaired) electrons. The van der Waals surface area contributed by atoms with E-state index < -0.39 is 0 Å². The number of ether oxygens (including phenoxy) is 1. The summed E-state index contributed by atoms with van der Waals surface area (Å²) in [7, 11) is 0. The third-order valence-electron chi connectivity index (χ3n) is 9.06. The summed E-state index contributed by atoms with van der Waals surface area (Å²) in [6.45, 7) is 0. The van der Waals surface area contributed by atoms with Crippen LogP contribution in [0, 0.1) is 0 Å². The average Bonchev–Trinajstić information content (AvgIpc) is 3.28. The summed E-state index contributed by atoms with van der Waals surface area (Å²) in [5, 5.41) is 4.78. The molecule has 2 heteroatoms. The zero-order chi connectivity index (χ0) is 30.5. The van der Waals surface area contributed by atoms with Crippen molar-refractivity contribution < 1.29 is 4.74 Å². The summed E-state index contributed by atoms with van der Waals surface area (Å²) in [6, 6.07) is 62.6. The zero-order valence-electron chi connectivity index (χ0n) is 25.1. The van der Waals surface area contributed by atoms with Crippen LogP contribution in [0.2, 0.25) is 0 Å². The van der Waals surface area contributed by atoms with Crippen molar-refractivity contribution in [3.8, 4) is 44.9 Å². The minimum Gasteiger partial charge on any atom is -0.454 e. The lowest BCUT2D eigenvalue weighted by atomic mass is 9.89. The highest BCUT2D eigenvalue weighted by Gasteiger charge is 2.28. The molecular formula is C44H29NO. The Balaban J connectivity index is 1.34. The lowest BCUT2D eigenvalue weighted by Gasteiger charge is -2.29. The Bertz CT molecular complexity index is 2390. The molecule has 0 fully saturated rings. The molecule has 0 spiro atoms. The number of nitrogens with zero attached hydrogens (tertiary/aromatic N) is 1. The number of fused-ring (bicyclic) bond motifs is 8. The Kier molecular flexibility index (Phi) is 6.17. The van der Waals surface area contributed by atoms with Crippen LogP contribution in [0.15, 0.2) is 176 Å². The second-order valence-corrected chi connectivity index (χ2v) is 11.7. The first-order valence-corrected chi connectivity index (χ1v) is 15.7. The molecule has 9 rings (SSSR count). The predicted octanol–water partition coefficient (Wildman–Crippen LogP) is 12.6. The van der Waals surface area contributed by atoms with Crippen LogP contribution >= 0.6 is 0 Å². The first kappa shape index (κ1) is 26.3. The smallest absolute Gasteiger partial charge is 0.159 e. The Morgan fingerprint density at radius 3 is 1.83 bits per heavy atom. The zero-order valence-corrected chi connectivity index (χ0v) is 25.1. The standard InChI is InChI=1S/C44H29NO/c1-2-12-30(13-3-1)31-24-27-34(28-25-31)45(40-21-10-16-32-14-4-6-17-35(32)40)41-22-11-20-39-43-36-18-7-5-15-33(36)26-29-38(43)37-19-8-9-23-42(37)46-44(39)41/h1-29H. The number of para-hydroxylation sites is 2. The first-order chi connectivity index (χ1) is 22.8. The molecule has 0 N–H and O–H groups in total.